The van der Waals surface area contributed by atoms with Gasteiger partial charge in [-0.2, -0.15) is 0 Å². The third-order valence-corrected chi connectivity index (χ3v) is 6.02. The maximum Gasteiger partial charge on any atom is 0.344 e. The standard InChI is InChI=1S/C23H27N5O5S/c1-5-32-21(31)18-17(14(3)29)15(4)33-20(18)25-19(30)13(2)28-22(24)26-27-23(28)34-12-11-16-9-7-6-8-10-16/h6-10,13H,5,11-12H2,1-4H3,(H2,24,26)(H,25,30). The summed E-state index contributed by atoms with van der Waals surface area (Å²) in [5.74, 6) is -0.807. The van der Waals surface area contributed by atoms with Gasteiger partial charge in [-0.05, 0) is 39.7 Å². The topological polar surface area (TPSA) is 142 Å². The normalized spacial score (nSPS) is 11.8. The Morgan fingerprint density at radius 3 is 2.56 bits per heavy atom. The minimum Gasteiger partial charge on any atom is -0.462 e. The number of furan rings is 1. The number of ketones is 1. The minimum atomic E-state index is -0.824. The van der Waals surface area contributed by atoms with Crippen LogP contribution in [0.2, 0.25) is 0 Å². The Bertz CT molecular complexity index is 1190. The Kier molecular flexibility index (Phi) is 8.11. The molecule has 0 bridgehead atoms. The van der Waals surface area contributed by atoms with Crippen LogP contribution in [0.25, 0.3) is 0 Å². The number of hydrogen-bond donors (Lipinski definition) is 2. The summed E-state index contributed by atoms with van der Waals surface area (Å²) >= 11 is 1.43. The second kappa shape index (κ2) is 11.0. The van der Waals surface area contributed by atoms with Crippen molar-refractivity contribution in [3.63, 3.8) is 0 Å². The average Bonchev–Trinajstić information content (AvgIpc) is 3.33. The second-order valence-corrected chi connectivity index (χ2v) is 8.54. The molecule has 1 atom stereocenters. The largest absolute Gasteiger partial charge is 0.462 e. The van der Waals surface area contributed by atoms with Gasteiger partial charge in [0.25, 0.3) is 0 Å². The number of rotatable bonds is 10. The summed E-state index contributed by atoms with van der Waals surface area (Å²) in [5.41, 5.74) is 7.14. The zero-order valence-corrected chi connectivity index (χ0v) is 20.3. The molecule has 0 radical (unpaired) electrons. The van der Waals surface area contributed by atoms with Gasteiger partial charge in [0.15, 0.2) is 10.9 Å². The first-order valence-corrected chi connectivity index (χ1v) is 11.7. The number of nitrogens with one attached hydrogen (secondary N) is 1. The van der Waals surface area contributed by atoms with Gasteiger partial charge in [0.2, 0.25) is 17.7 Å². The zero-order valence-electron chi connectivity index (χ0n) is 19.5. The molecule has 0 aliphatic rings. The number of esters is 1. The molecule has 0 saturated carbocycles. The summed E-state index contributed by atoms with van der Waals surface area (Å²) in [5, 5.41) is 11.1. The Labute approximate surface area is 201 Å². The molecule has 34 heavy (non-hydrogen) atoms. The number of nitrogen functional groups attached to an aromatic ring is 1. The molecule has 3 aromatic rings. The van der Waals surface area contributed by atoms with Crippen LogP contribution in [0, 0.1) is 6.92 Å². The van der Waals surface area contributed by atoms with Gasteiger partial charge in [0, 0.05) is 5.75 Å². The minimum absolute atomic E-state index is 0.0716. The first kappa shape index (κ1) is 25.0. The van der Waals surface area contributed by atoms with Crippen LogP contribution in [0.5, 0.6) is 0 Å². The Morgan fingerprint density at radius 2 is 1.91 bits per heavy atom. The summed E-state index contributed by atoms with van der Waals surface area (Å²) in [6.45, 7) is 6.22. The lowest BCUT2D eigenvalue weighted by atomic mass is 10.1. The highest BCUT2D eigenvalue weighted by Crippen LogP contribution is 2.30. The number of nitrogens with zero attached hydrogens (tertiary/aromatic N) is 3. The van der Waals surface area contributed by atoms with Gasteiger partial charge in [-0.1, -0.05) is 42.1 Å². The molecule has 0 saturated heterocycles. The molecule has 0 aliphatic carbocycles. The van der Waals surface area contributed by atoms with Crippen LogP contribution in [-0.4, -0.2) is 44.8 Å². The van der Waals surface area contributed by atoms with Gasteiger partial charge in [-0.3, -0.25) is 19.5 Å². The van der Waals surface area contributed by atoms with Crippen molar-refractivity contribution in [2.45, 2.75) is 45.3 Å². The Morgan fingerprint density at radius 1 is 1.21 bits per heavy atom. The summed E-state index contributed by atoms with van der Waals surface area (Å²) in [7, 11) is 0. The van der Waals surface area contributed by atoms with Crippen molar-refractivity contribution in [1.82, 2.24) is 14.8 Å². The van der Waals surface area contributed by atoms with Crippen LogP contribution in [0.15, 0.2) is 39.9 Å². The third-order valence-electron chi connectivity index (χ3n) is 5.07. The SMILES string of the molecule is CCOC(=O)c1c(NC(=O)C(C)n2c(N)nnc2SCCc2ccccc2)oc(C)c1C(C)=O. The van der Waals surface area contributed by atoms with Crippen molar-refractivity contribution in [3.8, 4) is 0 Å². The molecule has 1 unspecified atom stereocenters. The van der Waals surface area contributed by atoms with Crippen LogP contribution in [0.1, 0.15) is 58.9 Å². The van der Waals surface area contributed by atoms with Crippen LogP contribution >= 0.6 is 11.8 Å². The van der Waals surface area contributed by atoms with E-state index >= 15 is 0 Å². The maximum absolute atomic E-state index is 13.1. The number of ether oxygens (including phenoxy) is 1. The highest BCUT2D eigenvalue weighted by atomic mass is 32.2. The van der Waals surface area contributed by atoms with Crippen LogP contribution in [-0.2, 0) is 16.0 Å². The van der Waals surface area contributed by atoms with Gasteiger partial charge >= 0.3 is 5.97 Å². The molecule has 0 aliphatic heterocycles. The van der Waals surface area contributed by atoms with Gasteiger partial charge < -0.3 is 14.9 Å². The number of aryl methyl sites for hydroxylation is 2. The van der Waals surface area contributed by atoms with E-state index in [4.69, 9.17) is 14.9 Å². The lowest BCUT2D eigenvalue weighted by Crippen LogP contribution is -2.26. The first-order valence-electron chi connectivity index (χ1n) is 10.7. The number of benzene rings is 1. The number of anilines is 2. The van der Waals surface area contributed by atoms with Gasteiger partial charge in [-0.25, -0.2) is 4.79 Å². The van der Waals surface area contributed by atoms with E-state index in [-0.39, 0.29) is 41.1 Å². The molecule has 180 valence electrons. The fourth-order valence-corrected chi connectivity index (χ4v) is 4.45. The van der Waals surface area contributed by atoms with Gasteiger partial charge in [0.1, 0.15) is 17.4 Å². The first-order chi connectivity index (χ1) is 16.2. The van der Waals surface area contributed by atoms with Crippen LogP contribution in [0.4, 0.5) is 11.8 Å². The van der Waals surface area contributed by atoms with E-state index in [1.807, 2.05) is 30.3 Å². The Balaban J connectivity index is 1.79. The molecule has 1 aromatic carbocycles. The summed E-state index contributed by atoms with van der Waals surface area (Å²) in [4.78, 5) is 37.7. The van der Waals surface area contributed by atoms with E-state index in [1.165, 1.54) is 35.7 Å². The summed E-state index contributed by atoms with van der Waals surface area (Å²) in [6.07, 6.45) is 0.807. The summed E-state index contributed by atoms with van der Waals surface area (Å²) in [6, 6.07) is 9.17. The number of nitrogens with two attached hydrogens (primary N) is 1. The molecule has 2 heterocycles. The molecule has 3 N–H and O–H groups in total. The number of Topliss-reactive ketones (excluding diaryl/α,β-unsaturated/α-hetero) is 1. The molecule has 10 nitrogen and oxygen atoms in total. The number of aromatic nitrogens is 3. The number of carbonyl (C=O) groups excluding carboxylic acids is 3. The molecule has 0 fully saturated rings. The van der Waals surface area contributed by atoms with E-state index in [0.29, 0.717) is 10.9 Å². The van der Waals surface area contributed by atoms with E-state index in [9.17, 15) is 14.4 Å². The van der Waals surface area contributed by atoms with Crippen molar-refractivity contribution in [2.75, 3.05) is 23.4 Å². The second-order valence-electron chi connectivity index (χ2n) is 7.47. The predicted molar refractivity (Wildman–Crippen MR) is 128 cm³/mol. The number of hydrogen-bond acceptors (Lipinski definition) is 9. The zero-order chi connectivity index (χ0) is 24.8. The van der Waals surface area contributed by atoms with Crippen LogP contribution in [0.3, 0.4) is 0 Å². The lowest BCUT2D eigenvalue weighted by Gasteiger charge is -2.16. The smallest absolute Gasteiger partial charge is 0.344 e. The molecular weight excluding hydrogens is 458 g/mol. The summed E-state index contributed by atoms with van der Waals surface area (Å²) < 4.78 is 12.1. The fourth-order valence-electron chi connectivity index (χ4n) is 3.44. The highest BCUT2D eigenvalue weighted by molar-refractivity contribution is 7.99. The Hall–Kier alpha value is -3.60. The van der Waals surface area contributed by atoms with E-state index in [0.717, 1.165) is 6.42 Å². The van der Waals surface area contributed by atoms with E-state index in [1.54, 1.807) is 13.8 Å². The van der Waals surface area contributed by atoms with Crippen molar-refractivity contribution in [2.24, 2.45) is 0 Å². The van der Waals surface area contributed by atoms with E-state index < -0.39 is 17.9 Å². The maximum atomic E-state index is 13.1. The monoisotopic (exact) mass is 485 g/mol. The lowest BCUT2D eigenvalue weighted by molar-refractivity contribution is -0.119. The van der Waals surface area contributed by atoms with Crippen molar-refractivity contribution in [1.29, 1.82) is 0 Å². The van der Waals surface area contributed by atoms with Crippen molar-refractivity contribution >= 4 is 41.3 Å². The van der Waals surface area contributed by atoms with Crippen LogP contribution < -0.4 is 11.1 Å². The highest BCUT2D eigenvalue weighted by Gasteiger charge is 2.30. The van der Waals surface area contributed by atoms with Crippen molar-refractivity contribution in [3.05, 3.63) is 52.8 Å². The van der Waals surface area contributed by atoms with E-state index in [2.05, 4.69) is 15.5 Å². The fraction of sp³-hybridized carbons (Fsp3) is 0.348. The van der Waals surface area contributed by atoms with Gasteiger partial charge in [-0.15, -0.1) is 10.2 Å². The number of amides is 1. The molecule has 0 spiro atoms. The molecule has 2 aromatic heterocycles. The third kappa shape index (κ3) is 5.48. The molecule has 11 heteroatoms. The van der Waals surface area contributed by atoms with Gasteiger partial charge in [0.05, 0.1) is 12.2 Å². The van der Waals surface area contributed by atoms with Crippen molar-refractivity contribution < 1.29 is 23.5 Å². The molecular formula is C23H27N5O5S. The molecule has 1 amide bonds. The average molecular weight is 486 g/mol. The number of carbonyl (C=O) groups is 3. The quantitative estimate of drug-likeness (QED) is 0.250. The molecule has 3 rings (SSSR count). The number of thioether (sulfide) groups is 1. The predicted octanol–water partition coefficient (Wildman–Crippen LogP) is 3.68.